The van der Waals surface area contributed by atoms with Crippen LogP contribution in [0.3, 0.4) is 0 Å². The van der Waals surface area contributed by atoms with E-state index in [0.717, 1.165) is 33.5 Å². The van der Waals surface area contributed by atoms with Crippen LogP contribution in [-0.2, 0) is 9.53 Å². The Bertz CT molecular complexity index is 988. The van der Waals surface area contributed by atoms with Crippen molar-refractivity contribution in [2.24, 2.45) is 10.9 Å². The number of aliphatic imine (C=N–C) groups is 1. The van der Waals surface area contributed by atoms with E-state index in [1.165, 1.54) is 0 Å². The van der Waals surface area contributed by atoms with Gasteiger partial charge in [-0.25, -0.2) is 0 Å². The molecular formula is C22H22N2O3. The first-order chi connectivity index (χ1) is 13.2. The summed E-state index contributed by atoms with van der Waals surface area (Å²) >= 11 is 0. The van der Waals surface area contributed by atoms with E-state index >= 15 is 0 Å². The van der Waals surface area contributed by atoms with E-state index in [-0.39, 0.29) is 11.9 Å². The number of hydrogen-bond acceptors (Lipinski definition) is 4. The molecule has 1 aliphatic heterocycles. The first kappa shape index (κ1) is 17.3. The van der Waals surface area contributed by atoms with Crippen LogP contribution in [-0.4, -0.2) is 36.9 Å². The van der Waals surface area contributed by atoms with Crippen LogP contribution >= 0.6 is 0 Å². The summed E-state index contributed by atoms with van der Waals surface area (Å²) in [6.07, 6.45) is 1.92. The zero-order valence-corrected chi connectivity index (χ0v) is 15.4. The van der Waals surface area contributed by atoms with Crippen LogP contribution in [0.2, 0.25) is 0 Å². The second-order valence-electron chi connectivity index (χ2n) is 6.62. The van der Waals surface area contributed by atoms with Gasteiger partial charge in [0.1, 0.15) is 11.7 Å². The summed E-state index contributed by atoms with van der Waals surface area (Å²) in [6.45, 7) is 2.75. The number of nitrogens with zero attached hydrogens (tertiary/aromatic N) is 1. The van der Waals surface area contributed by atoms with Crippen LogP contribution in [0.1, 0.15) is 24.0 Å². The summed E-state index contributed by atoms with van der Waals surface area (Å²) in [5.41, 5.74) is 3.87. The zero-order valence-electron chi connectivity index (χ0n) is 15.4. The second-order valence-corrected chi connectivity index (χ2v) is 6.62. The molecule has 0 saturated heterocycles. The molecule has 0 amide bonds. The third-order valence-electron chi connectivity index (χ3n) is 5.09. The SMILES string of the molecule is CCOC(=O)C1C(c2ccc(OC)cc2)=NCC1c1ccc2cc[nH]c2c1. The third kappa shape index (κ3) is 3.21. The maximum Gasteiger partial charge on any atom is 0.315 e. The van der Waals surface area contributed by atoms with Crippen molar-refractivity contribution in [2.45, 2.75) is 12.8 Å². The predicted molar refractivity (Wildman–Crippen MR) is 106 cm³/mol. The summed E-state index contributed by atoms with van der Waals surface area (Å²) < 4.78 is 10.6. The van der Waals surface area contributed by atoms with Crippen LogP contribution in [0.25, 0.3) is 10.9 Å². The Hall–Kier alpha value is -3.08. The van der Waals surface area contributed by atoms with Crippen molar-refractivity contribution < 1.29 is 14.3 Å². The zero-order chi connectivity index (χ0) is 18.8. The summed E-state index contributed by atoms with van der Waals surface area (Å²) in [5, 5.41) is 1.15. The quantitative estimate of drug-likeness (QED) is 0.699. The molecule has 27 heavy (non-hydrogen) atoms. The molecule has 4 rings (SSSR count). The Morgan fingerprint density at radius 1 is 1.19 bits per heavy atom. The van der Waals surface area contributed by atoms with E-state index < -0.39 is 5.92 Å². The Kier molecular flexibility index (Phi) is 4.67. The molecule has 0 aliphatic carbocycles. The van der Waals surface area contributed by atoms with E-state index in [4.69, 9.17) is 14.5 Å². The van der Waals surface area contributed by atoms with Gasteiger partial charge in [0.25, 0.3) is 0 Å². The average Bonchev–Trinajstić information content (AvgIpc) is 3.34. The molecule has 2 unspecified atom stereocenters. The molecule has 3 aromatic rings. The number of rotatable bonds is 5. The van der Waals surface area contributed by atoms with Crippen molar-refractivity contribution in [3.8, 4) is 5.75 Å². The lowest BCUT2D eigenvalue weighted by Crippen LogP contribution is -2.29. The van der Waals surface area contributed by atoms with Gasteiger partial charge in [-0.2, -0.15) is 0 Å². The highest BCUT2D eigenvalue weighted by molar-refractivity contribution is 6.13. The molecule has 5 nitrogen and oxygen atoms in total. The standard InChI is InChI=1S/C22H22N2O3/c1-3-27-22(25)20-18(16-5-4-14-10-11-23-19(14)12-16)13-24-21(20)15-6-8-17(26-2)9-7-15/h4-12,18,20,23H,3,13H2,1-2H3. The smallest absolute Gasteiger partial charge is 0.315 e. The van der Waals surface area contributed by atoms with Crippen molar-refractivity contribution >= 4 is 22.6 Å². The van der Waals surface area contributed by atoms with Crippen LogP contribution in [0, 0.1) is 5.92 Å². The molecule has 1 aliphatic rings. The highest BCUT2D eigenvalue weighted by Gasteiger charge is 2.39. The van der Waals surface area contributed by atoms with Crippen LogP contribution in [0.4, 0.5) is 0 Å². The summed E-state index contributed by atoms with van der Waals surface area (Å²) in [4.78, 5) is 20.8. The molecule has 2 aromatic carbocycles. The number of carbonyl (C=O) groups excluding carboxylic acids is 1. The summed E-state index contributed by atoms with van der Waals surface area (Å²) in [7, 11) is 1.64. The van der Waals surface area contributed by atoms with Crippen molar-refractivity contribution in [3.05, 3.63) is 65.9 Å². The monoisotopic (exact) mass is 362 g/mol. The number of aromatic amines is 1. The Labute approximate surface area is 158 Å². The van der Waals surface area contributed by atoms with Gasteiger partial charge in [0, 0.05) is 24.2 Å². The van der Waals surface area contributed by atoms with Crippen LogP contribution in [0.5, 0.6) is 5.75 Å². The van der Waals surface area contributed by atoms with E-state index in [1.54, 1.807) is 7.11 Å². The molecule has 0 saturated carbocycles. The molecule has 0 bridgehead atoms. The number of H-pyrrole nitrogens is 1. The minimum atomic E-state index is -0.411. The highest BCUT2D eigenvalue weighted by Crippen LogP contribution is 2.36. The number of carbonyl (C=O) groups is 1. The molecule has 2 atom stereocenters. The molecule has 138 valence electrons. The van der Waals surface area contributed by atoms with Crippen molar-refractivity contribution in [2.75, 3.05) is 20.3 Å². The lowest BCUT2D eigenvalue weighted by Gasteiger charge is -2.20. The topological polar surface area (TPSA) is 63.7 Å². The maximum atomic E-state index is 12.8. The number of aromatic nitrogens is 1. The maximum absolute atomic E-state index is 12.8. The Morgan fingerprint density at radius 2 is 2.00 bits per heavy atom. The fourth-order valence-corrected chi connectivity index (χ4v) is 3.73. The molecule has 0 radical (unpaired) electrons. The first-order valence-corrected chi connectivity index (χ1v) is 9.13. The second kappa shape index (κ2) is 7.27. The first-order valence-electron chi connectivity index (χ1n) is 9.13. The van der Waals surface area contributed by atoms with Gasteiger partial charge in [0.2, 0.25) is 0 Å². The van der Waals surface area contributed by atoms with Gasteiger partial charge in [-0.3, -0.25) is 9.79 Å². The molecule has 2 heterocycles. The average molecular weight is 362 g/mol. The van der Waals surface area contributed by atoms with Gasteiger partial charge in [0.05, 0.1) is 19.4 Å². The number of hydrogen-bond donors (Lipinski definition) is 1. The third-order valence-corrected chi connectivity index (χ3v) is 5.09. The highest BCUT2D eigenvalue weighted by atomic mass is 16.5. The molecule has 0 fully saturated rings. The number of esters is 1. The Morgan fingerprint density at radius 3 is 2.74 bits per heavy atom. The molecule has 1 N–H and O–H groups in total. The number of benzene rings is 2. The number of methoxy groups -OCH3 is 1. The van der Waals surface area contributed by atoms with Gasteiger partial charge >= 0.3 is 5.97 Å². The predicted octanol–water partition coefficient (Wildman–Crippen LogP) is 3.94. The molecular weight excluding hydrogens is 340 g/mol. The Balaban J connectivity index is 1.70. The van der Waals surface area contributed by atoms with Gasteiger partial charge in [-0.1, -0.05) is 12.1 Å². The molecule has 5 heteroatoms. The lowest BCUT2D eigenvalue weighted by atomic mass is 9.83. The van der Waals surface area contributed by atoms with E-state index in [9.17, 15) is 4.79 Å². The van der Waals surface area contributed by atoms with Crippen molar-refractivity contribution in [1.29, 1.82) is 0 Å². The minimum absolute atomic E-state index is 0.0335. The van der Waals surface area contributed by atoms with Crippen LogP contribution < -0.4 is 4.74 Å². The lowest BCUT2D eigenvalue weighted by molar-refractivity contribution is -0.145. The van der Waals surface area contributed by atoms with E-state index in [1.807, 2.05) is 43.5 Å². The van der Waals surface area contributed by atoms with Gasteiger partial charge in [-0.05, 0) is 59.8 Å². The summed E-state index contributed by atoms with van der Waals surface area (Å²) in [6, 6.07) is 16.0. The normalized spacial score (nSPS) is 19.1. The van der Waals surface area contributed by atoms with Crippen LogP contribution in [0.15, 0.2) is 59.7 Å². The fourth-order valence-electron chi connectivity index (χ4n) is 3.73. The van der Waals surface area contributed by atoms with Gasteiger partial charge in [-0.15, -0.1) is 0 Å². The van der Waals surface area contributed by atoms with E-state index in [0.29, 0.717) is 13.2 Å². The molecule has 0 spiro atoms. The molecule has 1 aromatic heterocycles. The van der Waals surface area contributed by atoms with E-state index in [2.05, 4.69) is 23.2 Å². The fraction of sp³-hybridized carbons (Fsp3) is 0.273. The number of fused-ring (bicyclic) bond motifs is 1. The summed E-state index contributed by atoms with van der Waals surface area (Å²) in [5.74, 6) is 0.111. The van der Waals surface area contributed by atoms with Crippen molar-refractivity contribution in [3.63, 3.8) is 0 Å². The largest absolute Gasteiger partial charge is 0.497 e. The van der Waals surface area contributed by atoms with Gasteiger partial charge < -0.3 is 14.5 Å². The van der Waals surface area contributed by atoms with Crippen molar-refractivity contribution in [1.82, 2.24) is 4.98 Å². The number of nitrogens with one attached hydrogen (secondary N) is 1. The minimum Gasteiger partial charge on any atom is -0.497 e. The number of ether oxygens (including phenoxy) is 2. The van der Waals surface area contributed by atoms with Gasteiger partial charge in [0.15, 0.2) is 0 Å².